The SMILES string of the molecule is COc1ccc(C=C2SC(=S)N(c3cc(F)ccc3F)C2=O)cc1. The summed E-state index contributed by atoms with van der Waals surface area (Å²) < 4.78 is 32.6. The predicted molar refractivity (Wildman–Crippen MR) is 95.0 cm³/mol. The molecule has 2 aromatic rings. The van der Waals surface area contributed by atoms with Gasteiger partial charge in [-0.1, -0.05) is 36.1 Å². The van der Waals surface area contributed by atoms with Crippen LogP contribution in [0.5, 0.6) is 5.75 Å². The number of hydrogen-bond donors (Lipinski definition) is 0. The lowest BCUT2D eigenvalue weighted by Gasteiger charge is -2.15. The first-order valence-electron chi connectivity index (χ1n) is 6.86. The molecule has 0 aromatic heterocycles. The van der Waals surface area contributed by atoms with Crippen LogP contribution < -0.4 is 9.64 Å². The van der Waals surface area contributed by atoms with Crippen LogP contribution in [-0.2, 0) is 4.79 Å². The highest BCUT2D eigenvalue weighted by Crippen LogP contribution is 2.37. The number of carbonyl (C=O) groups excluding carboxylic acids is 1. The van der Waals surface area contributed by atoms with Crippen LogP contribution in [0.4, 0.5) is 14.5 Å². The minimum atomic E-state index is -0.710. The van der Waals surface area contributed by atoms with Gasteiger partial charge in [-0.05, 0) is 35.9 Å². The van der Waals surface area contributed by atoms with Gasteiger partial charge in [-0.3, -0.25) is 9.69 Å². The Labute approximate surface area is 146 Å². The lowest BCUT2D eigenvalue weighted by molar-refractivity contribution is -0.113. The van der Waals surface area contributed by atoms with E-state index in [1.54, 1.807) is 37.5 Å². The van der Waals surface area contributed by atoms with Crippen molar-refractivity contribution in [1.29, 1.82) is 0 Å². The van der Waals surface area contributed by atoms with E-state index in [-0.39, 0.29) is 10.0 Å². The van der Waals surface area contributed by atoms with Gasteiger partial charge < -0.3 is 4.74 Å². The Kier molecular flexibility index (Phi) is 4.64. The van der Waals surface area contributed by atoms with Gasteiger partial charge in [0.1, 0.15) is 17.4 Å². The Morgan fingerprint density at radius 2 is 1.88 bits per heavy atom. The quantitative estimate of drug-likeness (QED) is 0.598. The molecular weight excluding hydrogens is 352 g/mol. The third kappa shape index (κ3) is 3.18. The lowest BCUT2D eigenvalue weighted by atomic mass is 10.2. The lowest BCUT2D eigenvalue weighted by Crippen LogP contribution is -2.28. The maximum Gasteiger partial charge on any atom is 0.270 e. The Bertz CT molecular complexity index is 850. The molecule has 0 unspecified atom stereocenters. The molecule has 0 N–H and O–H groups in total. The van der Waals surface area contributed by atoms with E-state index in [2.05, 4.69) is 0 Å². The number of hydrogen-bond acceptors (Lipinski definition) is 4. The molecule has 3 rings (SSSR count). The highest BCUT2D eigenvalue weighted by molar-refractivity contribution is 8.27. The summed E-state index contributed by atoms with van der Waals surface area (Å²) in [5.74, 6) is -1.13. The van der Waals surface area contributed by atoms with Gasteiger partial charge in [0.05, 0.1) is 17.7 Å². The Morgan fingerprint density at radius 3 is 2.54 bits per heavy atom. The third-order valence-electron chi connectivity index (χ3n) is 3.36. The summed E-state index contributed by atoms with van der Waals surface area (Å²) in [6.45, 7) is 0. The minimum Gasteiger partial charge on any atom is -0.497 e. The second-order valence-electron chi connectivity index (χ2n) is 4.89. The third-order valence-corrected chi connectivity index (χ3v) is 4.66. The van der Waals surface area contributed by atoms with Crippen LogP contribution >= 0.6 is 24.0 Å². The average molecular weight is 363 g/mol. The fourth-order valence-electron chi connectivity index (χ4n) is 2.18. The molecule has 1 amide bonds. The summed E-state index contributed by atoms with van der Waals surface area (Å²) >= 11 is 6.20. The van der Waals surface area contributed by atoms with Crippen LogP contribution in [0.25, 0.3) is 6.08 Å². The van der Waals surface area contributed by atoms with Gasteiger partial charge in [0.25, 0.3) is 5.91 Å². The van der Waals surface area contributed by atoms with Crippen LogP contribution in [0, 0.1) is 11.6 Å². The van der Waals surface area contributed by atoms with E-state index in [1.165, 1.54) is 0 Å². The van der Waals surface area contributed by atoms with Gasteiger partial charge in [-0.15, -0.1) is 0 Å². The van der Waals surface area contributed by atoms with Crippen LogP contribution in [0.3, 0.4) is 0 Å². The van der Waals surface area contributed by atoms with Crippen LogP contribution in [0.1, 0.15) is 5.56 Å². The number of anilines is 1. The molecule has 0 atom stereocenters. The standard InChI is InChI=1S/C17H11F2NO2S2/c1-22-12-5-2-10(3-6-12)8-15-16(21)20(17(23)24-15)14-9-11(18)4-7-13(14)19/h2-9H,1H3. The van der Waals surface area contributed by atoms with Crippen LogP contribution in [-0.4, -0.2) is 17.3 Å². The fourth-order valence-corrected chi connectivity index (χ4v) is 3.47. The van der Waals surface area contributed by atoms with Gasteiger partial charge >= 0.3 is 0 Å². The van der Waals surface area contributed by atoms with Gasteiger partial charge in [-0.25, -0.2) is 8.78 Å². The first-order chi connectivity index (χ1) is 11.5. The molecule has 0 saturated carbocycles. The maximum absolute atomic E-state index is 13.9. The van der Waals surface area contributed by atoms with Gasteiger partial charge in [-0.2, -0.15) is 0 Å². The smallest absolute Gasteiger partial charge is 0.270 e. The first kappa shape index (κ1) is 16.6. The highest BCUT2D eigenvalue weighted by atomic mass is 32.2. The summed E-state index contributed by atoms with van der Waals surface area (Å²) in [7, 11) is 1.56. The molecule has 2 aromatic carbocycles. The monoisotopic (exact) mass is 363 g/mol. The number of thioether (sulfide) groups is 1. The fraction of sp³-hybridized carbons (Fsp3) is 0.0588. The largest absolute Gasteiger partial charge is 0.497 e. The van der Waals surface area contributed by atoms with E-state index >= 15 is 0 Å². The number of amides is 1. The summed E-state index contributed by atoms with van der Waals surface area (Å²) in [6.07, 6.45) is 1.65. The molecule has 1 heterocycles. The van der Waals surface area contributed by atoms with Crippen molar-refractivity contribution in [2.45, 2.75) is 0 Å². The van der Waals surface area contributed by atoms with E-state index < -0.39 is 17.5 Å². The summed E-state index contributed by atoms with van der Waals surface area (Å²) in [5.41, 5.74) is 0.589. The van der Waals surface area contributed by atoms with E-state index in [1.807, 2.05) is 0 Å². The molecule has 0 spiro atoms. The Morgan fingerprint density at radius 1 is 1.17 bits per heavy atom. The molecule has 1 saturated heterocycles. The number of halogens is 2. The van der Waals surface area contributed by atoms with Crippen molar-refractivity contribution in [2.75, 3.05) is 12.0 Å². The van der Waals surface area contributed by atoms with E-state index in [9.17, 15) is 13.6 Å². The summed E-state index contributed by atoms with van der Waals surface area (Å²) in [6, 6.07) is 10.0. The first-order valence-corrected chi connectivity index (χ1v) is 8.09. The molecule has 1 aliphatic heterocycles. The van der Waals surface area contributed by atoms with Crippen molar-refractivity contribution in [3.05, 3.63) is 64.6 Å². The second kappa shape index (κ2) is 6.70. The highest BCUT2D eigenvalue weighted by Gasteiger charge is 2.35. The number of methoxy groups -OCH3 is 1. The summed E-state index contributed by atoms with van der Waals surface area (Å²) in [5, 5.41) is 0. The zero-order chi connectivity index (χ0) is 17.3. The van der Waals surface area contributed by atoms with Crippen molar-refractivity contribution in [3.63, 3.8) is 0 Å². The molecule has 1 fully saturated rings. The van der Waals surface area contributed by atoms with E-state index in [0.717, 1.165) is 40.4 Å². The number of thiocarbonyl (C=S) groups is 1. The molecule has 3 nitrogen and oxygen atoms in total. The van der Waals surface area contributed by atoms with Crippen LogP contribution in [0.2, 0.25) is 0 Å². The van der Waals surface area contributed by atoms with Crippen molar-refractivity contribution < 1.29 is 18.3 Å². The van der Waals surface area contributed by atoms with Crippen molar-refractivity contribution in [1.82, 2.24) is 0 Å². The molecule has 1 aliphatic rings. The van der Waals surface area contributed by atoms with E-state index in [4.69, 9.17) is 17.0 Å². The predicted octanol–water partition coefficient (Wildman–Crippen LogP) is 4.38. The normalized spacial score (nSPS) is 16.1. The number of benzene rings is 2. The van der Waals surface area contributed by atoms with Crippen molar-refractivity contribution >= 4 is 46.0 Å². The molecule has 0 bridgehead atoms. The molecule has 0 radical (unpaired) electrons. The van der Waals surface area contributed by atoms with Crippen LogP contribution in [0.15, 0.2) is 47.4 Å². The molecule has 24 heavy (non-hydrogen) atoms. The molecule has 7 heteroatoms. The second-order valence-corrected chi connectivity index (χ2v) is 6.56. The number of nitrogens with zero attached hydrogens (tertiary/aromatic N) is 1. The van der Waals surface area contributed by atoms with Crippen molar-refractivity contribution in [3.8, 4) is 5.75 Å². The molecule has 0 aliphatic carbocycles. The zero-order valence-corrected chi connectivity index (χ0v) is 14.1. The maximum atomic E-state index is 13.9. The number of ether oxygens (including phenoxy) is 1. The van der Waals surface area contributed by atoms with Gasteiger partial charge in [0, 0.05) is 6.07 Å². The minimum absolute atomic E-state index is 0.157. The molecule has 122 valence electrons. The van der Waals surface area contributed by atoms with Gasteiger partial charge in [0.2, 0.25) is 0 Å². The van der Waals surface area contributed by atoms with Crippen molar-refractivity contribution in [2.24, 2.45) is 0 Å². The Hall–Kier alpha value is -2.25. The number of carbonyl (C=O) groups is 1. The summed E-state index contributed by atoms with van der Waals surface area (Å²) in [4.78, 5) is 13.9. The zero-order valence-electron chi connectivity index (χ0n) is 12.5. The topological polar surface area (TPSA) is 29.5 Å². The average Bonchev–Trinajstić information content (AvgIpc) is 2.84. The number of rotatable bonds is 3. The van der Waals surface area contributed by atoms with Gasteiger partial charge in [0.15, 0.2) is 4.32 Å². The Balaban J connectivity index is 1.93. The van der Waals surface area contributed by atoms with E-state index in [0.29, 0.717) is 10.7 Å². The molecular formula is C17H11F2NO2S2.